The van der Waals surface area contributed by atoms with E-state index in [1.807, 2.05) is 31.3 Å². The van der Waals surface area contributed by atoms with Gasteiger partial charge in [-0.25, -0.2) is 0 Å². The van der Waals surface area contributed by atoms with Crippen LogP contribution in [0, 0.1) is 0 Å². The number of halogens is 1. The highest BCUT2D eigenvalue weighted by molar-refractivity contribution is 7.12. The number of nitrogens with one attached hydrogen (secondary N) is 2. The summed E-state index contributed by atoms with van der Waals surface area (Å²) in [6.07, 6.45) is 0. The molecule has 5 heteroatoms. The Morgan fingerprint density at radius 3 is 2.89 bits per heavy atom. The molecular weight excluding hydrogens is 268 g/mol. The highest BCUT2D eigenvalue weighted by atomic mass is 35.5. The number of rotatable bonds is 4. The van der Waals surface area contributed by atoms with Crippen molar-refractivity contribution in [1.82, 2.24) is 5.32 Å². The Labute approximate surface area is 115 Å². The first-order valence-corrected chi connectivity index (χ1v) is 6.74. The van der Waals surface area contributed by atoms with Crippen LogP contribution in [0.5, 0.6) is 0 Å². The molecule has 1 heterocycles. The van der Waals surface area contributed by atoms with Crippen molar-refractivity contribution in [3.05, 3.63) is 51.2 Å². The topological polar surface area (TPSA) is 41.1 Å². The van der Waals surface area contributed by atoms with E-state index >= 15 is 0 Å². The lowest BCUT2D eigenvalue weighted by atomic mass is 10.2. The van der Waals surface area contributed by atoms with Crippen LogP contribution in [0.4, 0.5) is 5.69 Å². The Morgan fingerprint density at radius 1 is 1.39 bits per heavy atom. The largest absolute Gasteiger partial charge is 0.321 e. The van der Waals surface area contributed by atoms with Crippen LogP contribution in [0.2, 0.25) is 5.02 Å². The zero-order valence-corrected chi connectivity index (χ0v) is 11.4. The highest BCUT2D eigenvalue weighted by Gasteiger charge is 2.11. The van der Waals surface area contributed by atoms with Gasteiger partial charge in [-0.15, -0.1) is 11.3 Å². The van der Waals surface area contributed by atoms with Crippen LogP contribution >= 0.6 is 22.9 Å². The van der Waals surface area contributed by atoms with Gasteiger partial charge in [0.1, 0.15) is 4.88 Å². The molecular formula is C13H13ClN2OS. The zero-order chi connectivity index (χ0) is 13.0. The van der Waals surface area contributed by atoms with Crippen LogP contribution in [0.1, 0.15) is 15.2 Å². The summed E-state index contributed by atoms with van der Waals surface area (Å²) >= 11 is 7.26. The van der Waals surface area contributed by atoms with Crippen molar-refractivity contribution in [2.24, 2.45) is 0 Å². The Bertz CT molecular complexity index is 553. The summed E-state index contributed by atoms with van der Waals surface area (Å²) in [6.45, 7) is 0.767. The van der Waals surface area contributed by atoms with Gasteiger partial charge in [0.25, 0.3) is 5.91 Å². The normalized spacial score (nSPS) is 10.3. The van der Waals surface area contributed by atoms with E-state index in [2.05, 4.69) is 10.6 Å². The van der Waals surface area contributed by atoms with Gasteiger partial charge in [0, 0.05) is 12.2 Å². The standard InChI is InChI=1S/C13H13ClN2OS/c1-15-8-9-3-2-4-10(7-9)16-13(17)12-11(14)5-6-18-12/h2-7,15H,8H2,1H3,(H,16,17). The molecule has 1 aromatic carbocycles. The number of carbonyl (C=O) groups excluding carboxylic acids is 1. The minimum absolute atomic E-state index is 0.170. The van der Waals surface area contributed by atoms with E-state index < -0.39 is 0 Å². The molecule has 0 atom stereocenters. The average molecular weight is 281 g/mol. The first kappa shape index (κ1) is 13.1. The number of carbonyl (C=O) groups is 1. The lowest BCUT2D eigenvalue weighted by molar-refractivity contribution is 0.103. The summed E-state index contributed by atoms with van der Waals surface area (Å²) < 4.78 is 0. The fourth-order valence-electron chi connectivity index (χ4n) is 1.61. The number of anilines is 1. The molecule has 0 aliphatic carbocycles. The second-order valence-corrected chi connectivity index (χ2v) is 5.11. The van der Waals surface area contributed by atoms with Gasteiger partial charge < -0.3 is 10.6 Å². The minimum Gasteiger partial charge on any atom is -0.321 e. The van der Waals surface area contributed by atoms with Crippen molar-refractivity contribution in [1.29, 1.82) is 0 Å². The molecule has 0 saturated heterocycles. The molecule has 0 bridgehead atoms. The Hall–Kier alpha value is -1.36. The maximum Gasteiger partial charge on any atom is 0.267 e. The fraction of sp³-hybridized carbons (Fsp3) is 0.154. The Balaban J connectivity index is 2.12. The average Bonchev–Trinajstić information content (AvgIpc) is 2.76. The number of thiophene rings is 1. The second-order valence-electron chi connectivity index (χ2n) is 3.78. The molecule has 3 nitrogen and oxygen atoms in total. The van der Waals surface area contributed by atoms with Crippen LogP contribution in [-0.4, -0.2) is 13.0 Å². The molecule has 0 aliphatic rings. The second kappa shape index (κ2) is 6.00. The molecule has 0 saturated carbocycles. The molecule has 18 heavy (non-hydrogen) atoms. The maximum absolute atomic E-state index is 12.0. The van der Waals surface area contributed by atoms with E-state index in [-0.39, 0.29) is 5.91 Å². The third-order valence-corrected chi connectivity index (χ3v) is 3.73. The molecule has 0 spiro atoms. The summed E-state index contributed by atoms with van der Waals surface area (Å²) in [7, 11) is 1.89. The molecule has 1 amide bonds. The summed E-state index contributed by atoms with van der Waals surface area (Å²) in [5.41, 5.74) is 1.89. The van der Waals surface area contributed by atoms with Crippen LogP contribution < -0.4 is 10.6 Å². The van der Waals surface area contributed by atoms with E-state index in [1.54, 1.807) is 11.4 Å². The molecule has 0 fully saturated rings. The van der Waals surface area contributed by atoms with Crippen LogP contribution in [0.25, 0.3) is 0 Å². The van der Waals surface area contributed by atoms with Gasteiger partial charge in [0.05, 0.1) is 5.02 Å². The summed E-state index contributed by atoms with van der Waals surface area (Å²) in [6, 6.07) is 9.44. The van der Waals surface area contributed by atoms with E-state index in [0.717, 1.165) is 17.8 Å². The van der Waals surface area contributed by atoms with Crippen LogP contribution in [0.15, 0.2) is 35.7 Å². The highest BCUT2D eigenvalue weighted by Crippen LogP contribution is 2.23. The first-order chi connectivity index (χ1) is 8.70. The maximum atomic E-state index is 12.0. The van der Waals surface area contributed by atoms with Gasteiger partial charge in [0.2, 0.25) is 0 Å². The molecule has 2 aromatic rings. The summed E-state index contributed by atoms with van der Waals surface area (Å²) in [5.74, 6) is -0.170. The monoisotopic (exact) mass is 280 g/mol. The van der Waals surface area contributed by atoms with E-state index in [0.29, 0.717) is 9.90 Å². The number of benzene rings is 1. The molecule has 0 aliphatic heterocycles. The first-order valence-electron chi connectivity index (χ1n) is 5.48. The van der Waals surface area contributed by atoms with E-state index in [1.165, 1.54) is 11.3 Å². The Kier molecular flexibility index (Phi) is 4.36. The molecule has 2 N–H and O–H groups in total. The smallest absolute Gasteiger partial charge is 0.267 e. The number of hydrogen-bond donors (Lipinski definition) is 2. The molecule has 2 rings (SSSR count). The van der Waals surface area contributed by atoms with Gasteiger partial charge in [-0.2, -0.15) is 0 Å². The quantitative estimate of drug-likeness (QED) is 0.901. The zero-order valence-electron chi connectivity index (χ0n) is 9.87. The van der Waals surface area contributed by atoms with Gasteiger partial charge in [-0.1, -0.05) is 23.7 Å². The molecule has 94 valence electrons. The van der Waals surface area contributed by atoms with Crippen molar-refractivity contribution in [2.45, 2.75) is 6.54 Å². The minimum atomic E-state index is -0.170. The molecule has 1 aromatic heterocycles. The third kappa shape index (κ3) is 3.10. The number of hydrogen-bond acceptors (Lipinski definition) is 3. The van der Waals surface area contributed by atoms with E-state index in [4.69, 9.17) is 11.6 Å². The predicted molar refractivity (Wildman–Crippen MR) is 76.5 cm³/mol. The van der Waals surface area contributed by atoms with Gasteiger partial charge in [0.15, 0.2) is 0 Å². The van der Waals surface area contributed by atoms with E-state index in [9.17, 15) is 4.79 Å². The number of amides is 1. The Morgan fingerprint density at radius 2 is 2.22 bits per heavy atom. The van der Waals surface area contributed by atoms with Crippen molar-refractivity contribution in [2.75, 3.05) is 12.4 Å². The molecule has 0 radical (unpaired) electrons. The van der Waals surface area contributed by atoms with Gasteiger partial charge in [-0.05, 0) is 36.2 Å². The van der Waals surface area contributed by atoms with Crippen molar-refractivity contribution in [3.8, 4) is 0 Å². The van der Waals surface area contributed by atoms with Crippen molar-refractivity contribution >= 4 is 34.5 Å². The van der Waals surface area contributed by atoms with Crippen molar-refractivity contribution < 1.29 is 4.79 Å². The summed E-state index contributed by atoms with van der Waals surface area (Å²) in [5, 5.41) is 8.20. The fourth-order valence-corrected chi connectivity index (χ4v) is 2.64. The van der Waals surface area contributed by atoms with Crippen molar-refractivity contribution in [3.63, 3.8) is 0 Å². The lowest BCUT2D eigenvalue weighted by Gasteiger charge is -2.06. The summed E-state index contributed by atoms with van der Waals surface area (Å²) in [4.78, 5) is 12.5. The van der Waals surface area contributed by atoms with Crippen LogP contribution in [0.3, 0.4) is 0 Å². The SMILES string of the molecule is CNCc1cccc(NC(=O)c2sccc2Cl)c1. The van der Waals surface area contributed by atoms with Gasteiger partial charge >= 0.3 is 0 Å². The lowest BCUT2D eigenvalue weighted by Crippen LogP contribution is -2.11. The predicted octanol–water partition coefficient (Wildman–Crippen LogP) is 3.37. The third-order valence-electron chi connectivity index (χ3n) is 2.39. The van der Waals surface area contributed by atoms with Gasteiger partial charge in [-0.3, -0.25) is 4.79 Å². The molecule has 0 unspecified atom stereocenters. The van der Waals surface area contributed by atoms with Crippen LogP contribution in [-0.2, 0) is 6.54 Å².